The molecule has 0 saturated carbocycles. The van der Waals surface area contributed by atoms with Crippen molar-refractivity contribution >= 4 is 50.7 Å². The molecule has 5 heteroatoms. The van der Waals surface area contributed by atoms with Gasteiger partial charge in [-0.15, -0.1) is 0 Å². The summed E-state index contributed by atoms with van der Waals surface area (Å²) in [7, 11) is 0. The maximum atomic E-state index is 12.2. The van der Waals surface area contributed by atoms with Crippen LogP contribution in [0.1, 0.15) is 15.9 Å². The fraction of sp³-hybridized carbons (Fsp3) is 0.0714. The number of hydrogen-bond acceptors (Lipinski definition) is 1. The number of anilines is 1. The Morgan fingerprint density at radius 2 is 1.79 bits per heavy atom. The SMILES string of the molecule is Cc1ccc(Cl)c(NC(=O)c2cc(Br)ccc2Cl)c1. The predicted octanol–water partition coefficient (Wildman–Crippen LogP) is 5.32. The maximum Gasteiger partial charge on any atom is 0.257 e. The Morgan fingerprint density at radius 1 is 1.11 bits per heavy atom. The molecule has 0 aliphatic carbocycles. The number of amides is 1. The van der Waals surface area contributed by atoms with E-state index in [1.807, 2.05) is 19.1 Å². The third-order valence-corrected chi connectivity index (χ3v) is 3.70. The highest BCUT2D eigenvalue weighted by Crippen LogP contribution is 2.26. The molecule has 2 aromatic rings. The molecule has 0 bridgehead atoms. The van der Waals surface area contributed by atoms with E-state index in [1.165, 1.54) is 0 Å². The van der Waals surface area contributed by atoms with E-state index in [1.54, 1.807) is 24.3 Å². The Kier molecular flexibility index (Phi) is 4.50. The van der Waals surface area contributed by atoms with Crippen LogP contribution in [0.2, 0.25) is 10.0 Å². The summed E-state index contributed by atoms with van der Waals surface area (Å²) in [6.45, 7) is 1.93. The van der Waals surface area contributed by atoms with E-state index >= 15 is 0 Å². The average Bonchev–Trinajstić information content (AvgIpc) is 2.36. The molecule has 19 heavy (non-hydrogen) atoms. The van der Waals surface area contributed by atoms with Crippen LogP contribution in [0.3, 0.4) is 0 Å². The van der Waals surface area contributed by atoms with Gasteiger partial charge >= 0.3 is 0 Å². The van der Waals surface area contributed by atoms with Crippen molar-refractivity contribution in [3.05, 3.63) is 62.0 Å². The lowest BCUT2D eigenvalue weighted by molar-refractivity contribution is 0.102. The molecule has 1 amide bonds. The van der Waals surface area contributed by atoms with Crippen molar-refractivity contribution in [2.45, 2.75) is 6.92 Å². The smallest absolute Gasteiger partial charge is 0.257 e. The minimum Gasteiger partial charge on any atom is -0.321 e. The van der Waals surface area contributed by atoms with Gasteiger partial charge in [0.1, 0.15) is 0 Å². The summed E-state index contributed by atoms with van der Waals surface area (Å²) in [6, 6.07) is 10.5. The van der Waals surface area contributed by atoms with E-state index in [0.29, 0.717) is 21.3 Å². The Balaban J connectivity index is 2.30. The third kappa shape index (κ3) is 3.50. The second-order valence-corrected chi connectivity index (χ2v) is 5.79. The van der Waals surface area contributed by atoms with Gasteiger partial charge in [-0.05, 0) is 42.8 Å². The van der Waals surface area contributed by atoms with E-state index in [9.17, 15) is 4.79 Å². The first-order valence-electron chi connectivity index (χ1n) is 5.50. The van der Waals surface area contributed by atoms with Crippen LogP contribution < -0.4 is 5.32 Å². The monoisotopic (exact) mass is 357 g/mol. The fourth-order valence-corrected chi connectivity index (χ4v) is 2.33. The summed E-state index contributed by atoms with van der Waals surface area (Å²) in [5.74, 6) is -0.293. The van der Waals surface area contributed by atoms with Crippen molar-refractivity contribution in [3.8, 4) is 0 Å². The van der Waals surface area contributed by atoms with Gasteiger partial charge in [-0.1, -0.05) is 45.2 Å². The van der Waals surface area contributed by atoms with E-state index < -0.39 is 0 Å². The van der Waals surface area contributed by atoms with Crippen LogP contribution in [0.5, 0.6) is 0 Å². The minimum absolute atomic E-state index is 0.293. The maximum absolute atomic E-state index is 12.2. The molecule has 98 valence electrons. The number of rotatable bonds is 2. The zero-order valence-electron chi connectivity index (χ0n) is 10.0. The average molecular weight is 359 g/mol. The van der Waals surface area contributed by atoms with Crippen LogP contribution >= 0.6 is 39.1 Å². The van der Waals surface area contributed by atoms with Crippen molar-refractivity contribution in [1.29, 1.82) is 0 Å². The first kappa shape index (κ1) is 14.4. The number of hydrogen-bond donors (Lipinski definition) is 1. The van der Waals surface area contributed by atoms with Crippen LogP contribution in [-0.4, -0.2) is 5.91 Å². The third-order valence-electron chi connectivity index (χ3n) is 2.54. The van der Waals surface area contributed by atoms with Gasteiger partial charge in [0.2, 0.25) is 0 Å². The zero-order valence-corrected chi connectivity index (χ0v) is 13.1. The van der Waals surface area contributed by atoms with Crippen LogP contribution in [0.4, 0.5) is 5.69 Å². The van der Waals surface area contributed by atoms with Crippen LogP contribution in [0.15, 0.2) is 40.9 Å². The summed E-state index contributed by atoms with van der Waals surface area (Å²) in [5.41, 5.74) is 1.98. The number of nitrogens with one attached hydrogen (secondary N) is 1. The van der Waals surface area contributed by atoms with Gasteiger partial charge in [-0.25, -0.2) is 0 Å². The number of benzene rings is 2. The van der Waals surface area contributed by atoms with E-state index in [-0.39, 0.29) is 5.91 Å². The Morgan fingerprint density at radius 3 is 2.53 bits per heavy atom. The van der Waals surface area contributed by atoms with E-state index in [0.717, 1.165) is 10.0 Å². The number of halogens is 3. The molecule has 0 atom stereocenters. The lowest BCUT2D eigenvalue weighted by Crippen LogP contribution is -2.13. The van der Waals surface area contributed by atoms with Gasteiger partial charge in [0.15, 0.2) is 0 Å². The topological polar surface area (TPSA) is 29.1 Å². The van der Waals surface area contributed by atoms with Gasteiger partial charge in [-0.2, -0.15) is 0 Å². The predicted molar refractivity (Wildman–Crippen MR) is 83.3 cm³/mol. The highest BCUT2D eigenvalue weighted by Gasteiger charge is 2.12. The fourth-order valence-electron chi connectivity index (χ4n) is 1.60. The lowest BCUT2D eigenvalue weighted by Gasteiger charge is -2.09. The molecule has 2 nitrogen and oxygen atoms in total. The minimum atomic E-state index is -0.293. The van der Waals surface area contributed by atoms with Crippen LogP contribution in [0.25, 0.3) is 0 Å². The molecule has 0 heterocycles. The molecule has 0 unspecified atom stereocenters. The highest BCUT2D eigenvalue weighted by molar-refractivity contribution is 9.10. The second kappa shape index (κ2) is 5.95. The molecule has 0 spiro atoms. The van der Waals surface area contributed by atoms with Gasteiger partial charge in [0.05, 0.1) is 21.3 Å². The van der Waals surface area contributed by atoms with Crippen LogP contribution in [0, 0.1) is 6.92 Å². The molecule has 1 N–H and O–H groups in total. The molecule has 2 aromatic carbocycles. The Bertz CT molecular complexity index is 643. The van der Waals surface area contributed by atoms with Gasteiger partial charge in [0.25, 0.3) is 5.91 Å². The summed E-state index contributed by atoms with van der Waals surface area (Å²) in [5, 5.41) is 3.64. The molecular formula is C14H10BrCl2NO. The van der Waals surface area contributed by atoms with E-state index in [4.69, 9.17) is 23.2 Å². The van der Waals surface area contributed by atoms with Crippen molar-refractivity contribution in [2.75, 3.05) is 5.32 Å². The highest BCUT2D eigenvalue weighted by atomic mass is 79.9. The van der Waals surface area contributed by atoms with Crippen molar-refractivity contribution in [3.63, 3.8) is 0 Å². The van der Waals surface area contributed by atoms with Gasteiger partial charge in [0, 0.05) is 4.47 Å². The standard InChI is InChI=1S/C14H10BrCl2NO/c1-8-2-4-12(17)13(6-8)18-14(19)10-7-9(15)3-5-11(10)16/h2-7H,1H3,(H,18,19). The number of carbonyl (C=O) groups excluding carboxylic acids is 1. The Hall–Kier alpha value is -1.03. The first-order chi connectivity index (χ1) is 8.97. The molecule has 0 saturated heterocycles. The second-order valence-electron chi connectivity index (χ2n) is 4.06. The molecule has 0 aliphatic rings. The molecular weight excluding hydrogens is 349 g/mol. The molecule has 0 aromatic heterocycles. The van der Waals surface area contributed by atoms with Gasteiger partial charge in [-0.3, -0.25) is 4.79 Å². The zero-order chi connectivity index (χ0) is 14.0. The largest absolute Gasteiger partial charge is 0.321 e. The summed E-state index contributed by atoms with van der Waals surface area (Å²) in [6.07, 6.45) is 0. The van der Waals surface area contributed by atoms with Crippen LogP contribution in [-0.2, 0) is 0 Å². The first-order valence-corrected chi connectivity index (χ1v) is 7.05. The normalized spacial score (nSPS) is 10.3. The summed E-state index contributed by atoms with van der Waals surface area (Å²) >= 11 is 15.4. The van der Waals surface area contributed by atoms with E-state index in [2.05, 4.69) is 21.2 Å². The lowest BCUT2D eigenvalue weighted by atomic mass is 10.2. The van der Waals surface area contributed by atoms with Crippen molar-refractivity contribution < 1.29 is 4.79 Å². The van der Waals surface area contributed by atoms with Crippen molar-refractivity contribution in [1.82, 2.24) is 0 Å². The summed E-state index contributed by atoms with van der Waals surface area (Å²) < 4.78 is 0.789. The molecule has 2 rings (SSSR count). The summed E-state index contributed by atoms with van der Waals surface area (Å²) in [4.78, 5) is 12.2. The Labute approximate surface area is 129 Å². The number of carbonyl (C=O) groups is 1. The molecule has 0 radical (unpaired) electrons. The number of aryl methyl sites for hydroxylation is 1. The molecule has 0 fully saturated rings. The molecule has 0 aliphatic heterocycles. The van der Waals surface area contributed by atoms with Gasteiger partial charge < -0.3 is 5.32 Å². The quantitative estimate of drug-likeness (QED) is 0.773. The van der Waals surface area contributed by atoms with Crippen molar-refractivity contribution in [2.24, 2.45) is 0 Å².